The van der Waals surface area contributed by atoms with Crippen LogP contribution >= 0.6 is 0 Å². The van der Waals surface area contributed by atoms with Gasteiger partial charge in [0.1, 0.15) is 25.6 Å². The monoisotopic (exact) mass is 667 g/mol. The van der Waals surface area contributed by atoms with E-state index in [-0.39, 0.29) is 11.3 Å². The Balaban J connectivity index is 2.00. The maximum absolute atomic E-state index is 14.4. The van der Waals surface area contributed by atoms with E-state index in [2.05, 4.69) is 84.9 Å². The lowest BCUT2D eigenvalue weighted by molar-refractivity contribution is 0.302. The Morgan fingerprint density at radius 3 is 1.88 bits per heavy atom. The molecule has 49 heavy (non-hydrogen) atoms. The standard InChI is InChI=1S/C44H61NO4/c1-8-9-10-11-12-16-29-45-41-32-39(49-33-38-23-14-13-15-24-38)25-26-40(41)42(47-30-27-36(6)21-17-19-34(2)3)43(44(45)46)48-31-28-37(7)22-18-20-35(4)5/h13-15,19-20,23-28,32H,8-12,16-18,21-22,29-31,33H2,1-7H3/b36-27+,37-28+. The first kappa shape index (κ1) is 39.4. The van der Waals surface area contributed by atoms with Crippen molar-refractivity contribution in [2.24, 2.45) is 0 Å². The van der Waals surface area contributed by atoms with Crippen molar-refractivity contribution in [3.8, 4) is 17.2 Å². The van der Waals surface area contributed by atoms with E-state index >= 15 is 0 Å². The van der Waals surface area contributed by atoms with Crippen molar-refractivity contribution >= 4 is 10.9 Å². The first-order valence-electron chi connectivity index (χ1n) is 18.4. The van der Waals surface area contributed by atoms with Gasteiger partial charge in [-0.05, 0) is 103 Å². The molecule has 1 aromatic heterocycles. The van der Waals surface area contributed by atoms with E-state index in [9.17, 15) is 4.79 Å². The highest BCUT2D eigenvalue weighted by Crippen LogP contribution is 2.35. The minimum atomic E-state index is -0.156. The fourth-order valence-electron chi connectivity index (χ4n) is 5.67. The topological polar surface area (TPSA) is 49.7 Å². The van der Waals surface area contributed by atoms with Crippen LogP contribution in [0.4, 0.5) is 0 Å². The Morgan fingerprint density at radius 2 is 1.27 bits per heavy atom. The molecule has 0 saturated heterocycles. The van der Waals surface area contributed by atoms with Crippen LogP contribution in [0.3, 0.4) is 0 Å². The number of rotatable bonds is 22. The molecular weight excluding hydrogens is 606 g/mol. The van der Waals surface area contributed by atoms with Crippen molar-refractivity contribution in [2.75, 3.05) is 13.2 Å². The lowest BCUT2D eigenvalue weighted by atomic mass is 10.1. The molecule has 0 bridgehead atoms. The summed E-state index contributed by atoms with van der Waals surface area (Å²) in [7, 11) is 0. The van der Waals surface area contributed by atoms with E-state index in [1.165, 1.54) is 48.0 Å². The van der Waals surface area contributed by atoms with Gasteiger partial charge in [-0.1, -0.05) is 104 Å². The Hall–Kier alpha value is -3.99. The second-order valence-corrected chi connectivity index (χ2v) is 13.7. The van der Waals surface area contributed by atoms with E-state index in [4.69, 9.17) is 14.2 Å². The molecule has 5 nitrogen and oxygen atoms in total. The van der Waals surface area contributed by atoms with Gasteiger partial charge in [0.25, 0.3) is 5.56 Å². The Morgan fingerprint density at radius 1 is 0.673 bits per heavy atom. The van der Waals surface area contributed by atoms with Crippen LogP contribution in [0.2, 0.25) is 0 Å². The molecule has 3 rings (SSSR count). The quantitative estimate of drug-likeness (QED) is 0.0790. The van der Waals surface area contributed by atoms with E-state index in [1.54, 1.807) is 0 Å². The molecule has 0 N–H and O–H groups in total. The average molecular weight is 668 g/mol. The minimum absolute atomic E-state index is 0.156. The number of allylic oxidation sites excluding steroid dienone is 6. The number of aryl methyl sites for hydroxylation is 1. The van der Waals surface area contributed by atoms with Gasteiger partial charge < -0.3 is 18.8 Å². The second kappa shape index (κ2) is 21.9. The van der Waals surface area contributed by atoms with E-state index in [0.29, 0.717) is 32.1 Å². The van der Waals surface area contributed by atoms with Crippen LogP contribution in [0, 0.1) is 0 Å². The highest BCUT2D eigenvalue weighted by molar-refractivity contribution is 5.89. The predicted octanol–water partition coefficient (Wildman–Crippen LogP) is 12.1. The maximum atomic E-state index is 14.4. The van der Waals surface area contributed by atoms with Crippen molar-refractivity contribution in [1.82, 2.24) is 4.57 Å². The van der Waals surface area contributed by atoms with Crippen molar-refractivity contribution in [1.29, 1.82) is 0 Å². The summed E-state index contributed by atoms with van der Waals surface area (Å²) >= 11 is 0. The van der Waals surface area contributed by atoms with Crippen LogP contribution in [-0.4, -0.2) is 17.8 Å². The third-order valence-corrected chi connectivity index (χ3v) is 8.64. The van der Waals surface area contributed by atoms with E-state index in [1.807, 2.05) is 41.0 Å². The highest BCUT2D eigenvalue weighted by atomic mass is 16.5. The predicted molar refractivity (Wildman–Crippen MR) is 208 cm³/mol. The van der Waals surface area contributed by atoms with Gasteiger partial charge in [-0.3, -0.25) is 4.79 Å². The number of pyridine rings is 1. The first-order chi connectivity index (χ1) is 23.7. The van der Waals surface area contributed by atoms with Crippen LogP contribution in [0.1, 0.15) is 118 Å². The molecule has 2 aromatic carbocycles. The smallest absolute Gasteiger partial charge is 0.297 e. The largest absolute Gasteiger partial charge is 0.489 e. The van der Waals surface area contributed by atoms with Crippen molar-refractivity contribution in [2.45, 2.75) is 126 Å². The zero-order valence-electron chi connectivity index (χ0n) is 31.4. The highest BCUT2D eigenvalue weighted by Gasteiger charge is 2.20. The summed E-state index contributed by atoms with van der Waals surface area (Å²) in [4.78, 5) is 14.4. The lowest BCUT2D eigenvalue weighted by Crippen LogP contribution is -2.24. The van der Waals surface area contributed by atoms with Crippen LogP contribution in [0.15, 0.2) is 99.9 Å². The first-order valence-corrected chi connectivity index (χ1v) is 18.4. The van der Waals surface area contributed by atoms with Gasteiger partial charge in [0.15, 0.2) is 5.75 Å². The summed E-state index contributed by atoms with van der Waals surface area (Å²) in [6.45, 7) is 16.7. The summed E-state index contributed by atoms with van der Waals surface area (Å²) in [6, 6.07) is 16.1. The van der Waals surface area contributed by atoms with Crippen LogP contribution < -0.4 is 19.8 Å². The molecule has 0 fully saturated rings. The van der Waals surface area contributed by atoms with Gasteiger partial charge in [0.2, 0.25) is 5.75 Å². The molecule has 0 saturated carbocycles. The van der Waals surface area contributed by atoms with Crippen LogP contribution in [-0.2, 0) is 13.2 Å². The van der Waals surface area contributed by atoms with Gasteiger partial charge in [-0.15, -0.1) is 0 Å². The van der Waals surface area contributed by atoms with Crippen molar-refractivity contribution < 1.29 is 14.2 Å². The summed E-state index contributed by atoms with van der Waals surface area (Å²) in [5, 5.41) is 0.854. The summed E-state index contributed by atoms with van der Waals surface area (Å²) < 4.78 is 20.9. The summed E-state index contributed by atoms with van der Waals surface area (Å²) in [5.41, 5.74) is 6.89. The molecule has 0 unspecified atom stereocenters. The molecule has 266 valence electrons. The molecular formula is C44H61NO4. The molecule has 0 amide bonds. The zero-order valence-corrected chi connectivity index (χ0v) is 31.4. The van der Waals surface area contributed by atoms with Gasteiger partial charge >= 0.3 is 0 Å². The van der Waals surface area contributed by atoms with Gasteiger partial charge in [0, 0.05) is 18.0 Å². The minimum Gasteiger partial charge on any atom is -0.489 e. The molecule has 0 atom stereocenters. The number of benzene rings is 2. The number of hydrogen-bond acceptors (Lipinski definition) is 4. The number of unbranched alkanes of at least 4 members (excludes halogenated alkanes) is 5. The van der Waals surface area contributed by atoms with E-state index in [0.717, 1.165) is 60.7 Å². The van der Waals surface area contributed by atoms with Gasteiger partial charge in [-0.2, -0.15) is 0 Å². The molecule has 0 aliphatic carbocycles. The molecule has 5 heteroatoms. The summed E-state index contributed by atoms with van der Waals surface area (Å²) in [5.74, 6) is 1.50. The number of nitrogens with zero attached hydrogens (tertiary/aromatic N) is 1. The van der Waals surface area contributed by atoms with Crippen molar-refractivity contribution in [3.05, 3.63) is 111 Å². The van der Waals surface area contributed by atoms with Crippen LogP contribution in [0.5, 0.6) is 17.2 Å². The van der Waals surface area contributed by atoms with Gasteiger partial charge in [-0.25, -0.2) is 0 Å². The van der Waals surface area contributed by atoms with Gasteiger partial charge in [0.05, 0.1) is 5.52 Å². The molecule has 3 aromatic rings. The molecule has 0 spiro atoms. The Labute approximate surface area is 296 Å². The average Bonchev–Trinajstić information content (AvgIpc) is 3.07. The number of hydrogen-bond donors (Lipinski definition) is 0. The summed E-state index contributed by atoms with van der Waals surface area (Å²) in [6.07, 6.45) is 19.5. The normalized spacial score (nSPS) is 11.8. The third kappa shape index (κ3) is 14.2. The Kier molecular flexibility index (Phi) is 17.6. The SMILES string of the molecule is CCCCCCCCn1c(=O)c(OC/C=C(\C)CCC=C(C)C)c(OC/C=C(\C)CCC=C(C)C)c2ccc(OCc3ccccc3)cc21. The fourth-order valence-corrected chi connectivity index (χ4v) is 5.67. The Bertz CT molecular complexity index is 1620. The maximum Gasteiger partial charge on any atom is 0.297 e. The second-order valence-electron chi connectivity index (χ2n) is 13.7. The van der Waals surface area contributed by atoms with E-state index < -0.39 is 0 Å². The van der Waals surface area contributed by atoms with Crippen molar-refractivity contribution in [3.63, 3.8) is 0 Å². The fraction of sp³-hybridized carbons (Fsp3) is 0.477. The van der Waals surface area contributed by atoms with Crippen LogP contribution in [0.25, 0.3) is 10.9 Å². The third-order valence-electron chi connectivity index (χ3n) is 8.64. The number of aromatic nitrogens is 1. The lowest BCUT2D eigenvalue weighted by Gasteiger charge is -2.19. The molecule has 0 aliphatic rings. The number of fused-ring (bicyclic) bond motifs is 1. The molecule has 1 heterocycles. The molecule has 0 aliphatic heterocycles. The zero-order chi connectivity index (χ0) is 35.4. The number of ether oxygens (including phenoxy) is 3. The molecule has 0 radical (unpaired) electrons.